The predicted octanol–water partition coefficient (Wildman–Crippen LogP) is 3.01. The van der Waals surface area contributed by atoms with Crippen molar-refractivity contribution < 1.29 is 13.2 Å². The average molecular weight is 377 g/mol. The molecule has 0 amide bonds. The average Bonchev–Trinajstić information content (AvgIpc) is 2.97. The molecule has 3 rings (SSSR count). The van der Waals surface area contributed by atoms with Crippen molar-refractivity contribution in [3.8, 4) is 0 Å². The number of aromatic nitrogens is 4. The van der Waals surface area contributed by atoms with Crippen LogP contribution in [0.4, 0.5) is 18.9 Å². The van der Waals surface area contributed by atoms with Gasteiger partial charge in [0.05, 0.1) is 18.2 Å². The van der Waals surface area contributed by atoms with Crippen molar-refractivity contribution >= 4 is 5.69 Å². The van der Waals surface area contributed by atoms with E-state index in [4.69, 9.17) is 5.73 Å². The molecule has 27 heavy (non-hydrogen) atoms. The molecule has 3 aromatic rings. The fourth-order valence-electron chi connectivity index (χ4n) is 2.89. The first-order valence-electron chi connectivity index (χ1n) is 8.22. The Balaban J connectivity index is 1.94. The number of nitrogen functional groups attached to an aromatic ring is 1. The Labute approximate surface area is 153 Å². The number of anilines is 1. The summed E-state index contributed by atoms with van der Waals surface area (Å²) in [5.74, 6) is 0. The molecule has 1 unspecified atom stereocenters. The maximum atomic E-state index is 13.2. The number of nitrogens with two attached hydrogens (primary N) is 1. The fraction of sp³-hybridized carbons (Fsp3) is 0.278. The number of rotatable bonds is 4. The Morgan fingerprint density at radius 2 is 1.85 bits per heavy atom. The Morgan fingerprint density at radius 3 is 2.52 bits per heavy atom. The van der Waals surface area contributed by atoms with Gasteiger partial charge in [-0.1, -0.05) is 30.3 Å². The Hall–Kier alpha value is -3.10. The lowest BCUT2D eigenvalue weighted by Crippen LogP contribution is -2.29. The lowest BCUT2D eigenvalue weighted by atomic mass is 10.0. The van der Waals surface area contributed by atoms with Gasteiger partial charge in [0, 0.05) is 5.69 Å². The molecule has 0 radical (unpaired) electrons. The van der Waals surface area contributed by atoms with Crippen molar-refractivity contribution in [1.29, 1.82) is 0 Å². The maximum Gasteiger partial charge on any atom is 0.416 e. The second kappa shape index (κ2) is 6.90. The lowest BCUT2D eigenvalue weighted by Gasteiger charge is -2.17. The number of alkyl halides is 3. The maximum absolute atomic E-state index is 13.2. The van der Waals surface area contributed by atoms with Gasteiger partial charge in [-0.05, 0) is 53.1 Å². The topological polar surface area (TPSA) is 78.7 Å². The molecule has 0 spiro atoms. The first kappa shape index (κ1) is 18.7. The monoisotopic (exact) mass is 377 g/mol. The third-order valence-electron chi connectivity index (χ3n) is 4.41. The smallest absolute Gasteiger partial charge is 0.399 e. The molecule has 9 heteroatoms. The number of nitrogens with zero attached hydrogens (tertiary/aromatic N) is 4. The van der Waals surface area contributed by atoms with Gasteiger partial charge in [-0.3, -0.25) is 0 Å². The van der Waals surface area contributed by atoms with Gasteiger partial charge >= 0.3 is 11.9 Å². The van der Waals surface area contributed by atoms with E-state index in [1.54, 1.807) is 12.1 Å². The van der Waals surface area contributed by atoms with Crippen molar-refractivity contribution in [2.75, 3.05) is 5.73 Å². The normalized spacial score (nSPS) is 12.9. The van der Waals surface area contributed by atoms with E-state index in [1.807, 2.05) is 13.0 Å². The molecule has 1 aromatic heterocycles. The third-order valence-corrected chi connectivity index (χ3v) is 4.41. The molecule has 0 fully saturated rings. The third kappa shape index (κ3) is 3.71. The van der Waals surface area contributed by atoms with Crippen LogP contribution in [0, 0.1) is 6.92 Å². The van der Waals surface area contributed by atoms with Gasteiger partial charge in [0.1, 0.15) is 0 Å². The second-order valence-corrected chi connectivity index (χ2v) is 6.32. The van der Waals surface area contributed by atoms with Gasteiger partial charge in [0.25, 0.3) is 0 Å². The van der Waals surface area contributed by atoms with Crippen molar-refractivity contribution in [2.24, 2.45) is 0 Å². The molecular formula is C18H18F3N5O. The van der Waals surface area contributed by atoms with Crippen LogP contribution < -0.4 is 11.4 Å². The van der Waals surface area contributed by atoms with E-state index in [-0.39, 0.29) is 12.1 Å². The molecule has 2 aromatic carbocycles. The van der Waals surface area contributed by atoms with E-state index in [0.717, 1.165) is 26.6 Å². The zero-order valence-electron chi connectivity index (χ0n) is 14.7. The number of benzene rings is 2. The molecule has 1 atom stereocenters. The quantitative estimate of drug-likeness (QED) is 0.709. The molecule has 2 N–H and O–H groups in total. The molecule has 1 heterocycles. The van der Waals surface area contributed by atoms with E-state index < -0.39 is 23.5 Å². The molecule has 0 aliphatic carbocycles. The van der Waals surface area contributed by atoms with E-state index in [9.17, 15) is 18.0 Å². The van der Waals surface area contributed by atoms with Crippen molar-refractivity contribution in [2.45, 2.75) is 32.6 Å². The van der Waals surface area contributed by atoms with Crippen LogP contribution >= 0.6 is 0 Å². The lowest BCUT2D eigenvalue weighted by molar-refractivity contribution is -0.138. The van der Waals surface area contributed by atoms with Crippen LogP contribution in [0.3, 0.4) is 0 Å². The van der Waals surface area contributed by atoms with Crippen molar-refractivity contribution in [3.63, 3.8) is 0 Å². The molecular weight excluding hydrogens is 359 g/mol. The summed E-state index contributed by atoms with van der Waals surface area (Å²) in [5.41, 5.74) is 6.63. The zero-order valence-corrected chi connectivity index (χ0v) is 14.7. The van der Waals surface area contributed by atoms with Gasteiger partial charge in [0.15, 0.2) is 0 Å². The highest BCUT2D eigenvalue weighted by atomic mass is 19.4. The minimum atomic E-state index is -4.52. The highest BCUT2D eigenvalue weighted by Gasteiger charge is 2.35. The van der Waals surface area contributed by atoms with Crippen LogP contribution in [0.1, 0.15) is 35.2 Å². The van der Waals surface area contributed by atoms with Crippen LogP contribution in [0.5, 0.6) is 0 Å². The van der Waals surface area contributed by atoms with Crippen LogP contribution in [0.2, 0.25) is 0 Å². The molecule has 0 aliphatic heterocycles. The molecule has 142 valence electrons. The number of tetrazole rings is 1. The summed E-state index contributed by atoms with van der Waals surface area (Å²) in [7, 11) is 0. The summed E-state index contributed by atoms with van der Waals surface area (Å²) >= 11 is 0. The second-order valence-electron chi connectivity index (χ2n) is 6.32. The number of aryl methyl sites for hydroxylation is 1. The largest absolute Gasteiger partial charge is 0.416 e. The van der Waals surface area contributed by atoms with Crippen molar-refractivity contribution in [3.05, 3.63) is 75.2 Å². The highest BCUT2D eigenvalue weighted by Crippen LogP contribution is 2.34. The van der Waals surface area contributed by atoms with Crippen LogP contribution in [-0.4, -0.2) is 19.8 Å². The van der Waals surface area contributed by atoms with Gasteiger partial charge < -0.3 is 5.73 Å². The summed E-state index contributed by atoms with van der Waals surface area (Å²) in [4.78, 5) is 12.6. The predicted molar refractivity (Wildman–Crippen MR) is 94.2 cm³/mol. The van der Waals surface area contributed by atoms with E-state index >= 15 is 0 Å². The Morgan fingerprint density at radius 1 is 1.15 bits per heavy atom. The number of halogens is 3. The van der Waals surface area contributed by atoms with Gasteiger partial charge in [-0.25, -0.2) is 4.79 Å². The summed E-state index contributed by atoms with van der Waals surface area (Å²) in [5, 5.41) is 7.58. The first-order chi connectivity index (χ1) is 12.7. The standard InChI is InChI=1S/C18H18F3N5O/c1-11-9-13(7-8-16(11)22)10-25-17(27)26(24-23-25)12(2)14-5-3-4-6-15(14)18(19,20)21/h3-9,12H,10,22H2,1-2H3. The van der Waals surface area contributed by atoms with Crippen molar-refractivity contribution in [1.82, 2.24) is 19.8 Å². The van der Waals surface area contributed by atoms with Gasteiger partial charge in [0.2, 0.25) is 0 Å². The summed E-state index contributed by atoms with van der Waals surface area (Å²) in [6, 6.07) is 9.51. The van der Waals surface area contributed by atoms with E-state index in [1.165, 1.54) is 25.1 Å². The SMILES string of the molecule is Cc1cc(Cn2nnn(C(C)c3ccccc3C(F)(F)F)c2=O)ccc1N. The summed E-state index contributed by atoms with van der Waals surface area (Å²) in [6.45, 7) is 3.47. The highest BCUT2D eigenvalue weighted by molar-refractivity contribution is 5.47. The van der Waals surface area contributed by atoms with Crippen LogP contribution in [0.25, 0.3) is 0 Å². The Bertz CT molecular complexity index is 1020. The minimum absolute atomic E-state index is 0.0394. The Kier molecular flexibility index (Phi) is 4.77. The van der Waals surface area contributed by atoms with Crippen LogP contribution in [0.15, 0.2) is 47.3 Å². The first-order valence-corrected chi connectivity index (χ1v) is 8.22. The zero-order chi connectivity index (χ0) is 19.8. The molecule has 0 saturated heterocycles. The fourth-order valence-corrected chi connectivity index (χ4v) is 2.89. The van der Waals surface area contributed by atoms with E-state index in [2.05, 4.69) is 10.4 Å². The van der Waals surface area contributed by atoms with Gasteiger partial charge in [-0.2, -0.15) is 22.5 Å². The number of hydrogen-bond donors (Lipinski definition) is 1. The molecule has 6 nitrogen and oxygen atoms in total. The van der Waals surface area contributed by atoms with Crippen LogP contribution in [-0.2, 0) is 12.7 Å². The van der Waals surface area contributed by atoms with E-state index in [0.29, 0.717) is 5.69 Å². The molecule has 0 aliphatic rings. The molecule has 0 bridgehead atoms. The summed E-state index contributed by atoms with van der Waals surface area (Å²) < 4.78 is 41.8. The van der Waals surface area contributed by atoms with Gasteiger partial charge in [-0.15, -0.1) is 0 Å². The molecule has 0 saturated carbocycles. The summed E-state index contributed by atoms with van der Waals surface area (Å²) in [6.07, 6.45) is -4.52. The number of hydrogen-bond acceptors (Lipinski definition) is 4. The minimum Gasteiger partial charge on any atom is -0.399 e.